The van der Waals surface area contributed by atoms with Crippen molar-refractivity contribution in [2.45, 2.75) is 57.4 Å². The van der Waals surface area contributed by atoms with Crippen LogP contribution in [-0.4, -0.2) is 24.0 Å². The molecule has 1 nitrogen and oxygen atoms in total. The van der Waals surface area contributed by atoms with Gasteiger partial charge in [-0.1, -0.05) is 19.3 Å². The zero-order valence-electron chi connectivity index (χ0n) is 9.18. The Hall–Kier alpha value is -0.0400. The van der Waals surface area contributed by atoms with Crippen LogP contribution in [-0.2, 0) is 0 Å². The quantitative estimate of drug-likeness (QED) is 0.647. The second-order valence-corrected chi connectivity index (χ2v) is 5.38. The largest absolute Gasteiger partial charge is 0.301 e. The first-order chi connectivity index (χ1) is 6.21. The molecule has 0 amide bonds. The fraction of sp³-hybridized carbons (Fsp3) is 1.00. The van der Waals surface area contributed by atoms with Gasteiger partial charge in [-0.2, -0.15) is 0 Å². The van der Waals surface area contributed by atoms with Crippen molar-refractivity contribution in [3.63, 3.8) is 0 Å². The van der Waals surface area contributed by atoms with Gasteiger partial charge in [-0.25, -0.2) is 0 Å². The molecule has 0 aromatic rings. The lowest BCUT2D eigenvalue weighted by atomic mass is 9.84. The number of nitrogens with zero attached hydrogens (tertiary/aromatic N) is 1. The minimum Gasteiger partial charge on any atom is -0.301 e. The molecule has 0 unspecified atom stereocenters. The van der Waals surface area contributed by atoms with Crippen molar-refractivity contribution in [1.82, 2.24) is 4.90 Å². The highest BCUT2D eigenvalue weighted by atomic mass is 15.2. The number of hydrogen-bond donors (Lipinski definition) is 0. The van der Waals surface area contributed by atoms with Crippen LogP contribution in [0.1, 0.15) is 51.9 Å². The molecule has 0 atom stereocenters. The Bertz CT molecular complexity index is 166. The summed E-state index contributed by atoms with van der Waals surface area (Å²) < 4.78 is 0. The first-order valence-corrected chi connectivity index (χ1v) is 5.92. The Morgan fingerprint density at radius 3 is 2.23 bits per heavy atom. The predicted molar refractivity (Wildman–Crippen MR) is 56.8 cm³/mol. The second-order valence-electron chi connectivity index (χ2n) is 5.38. The van der Waals surface area contributed by atoms with Gasteiger partial charge in [-0.05, 0) is 45.6 Å². The molecule has 0 heterocycles. The minimum absolute atomic E-state index is 0.551. The summed E-state index contributed by atoms with van der Waals surface area (Å²) >= 11 is 0. The molecule has 1 heteroatoms. The standard InChI is InChI=1S/C12H23N/c1-12(8-3-4-9-12)13(2)10-11-6-5-7-11/h11H,3-10H2,1-2H3. The van der Waals surface area contributed by atoms with Crippen molar-refractivity contribution < 1.29 is 0 Å². The molecule has 2 aliphatic carbocycles. The SMILES string of the molecule is CN(CC1CCC1)C1(C)CCCC1. The maximum atomic E-state index is 2.64. The summed E-state index contributed by atoms with van der Waals surface area (Å²) in [6, 6.07) is 0. The molecule has 2 saturated carbocycles. The number of hydrogen-bond acceptors (Lipinski definition) is 1. The van der Waals surface area contributed by atoms with Gasteiger partial charge in [0.1, 0.15) is 0 Å². The summed E-state index contributed by atoms with van der Waals surface area (Å²) in [4.78, 5) is 2.64. The molecule has 0 spiro atoms. The second kappa shape index (κ2) is 3.61. The molecule has 2 rings (SSSR count). The lowest BCUT2D eigenvalue weighted by molar-refractivity contribution is 0.0973. The molecule has 13 heavy (non-hydrogen) atoms. The van der Waals surface area contributed by atoms with Gasteiger partial charge in [0.25, 0.3) is 0 Å². The lowest BCUT2D eigenvalue weighted by Gasteiger charge is -2.40. The fourth-order valence-corrected chi connectivity index (χ4v) is 2.80. The van der Waals surface area contributed by atoms with E-state index >= 15 is 0 Å². The monoisotopic (exact) mass is 181 g/mol. The Balaban J connectivity index is 1.83. The summed E-state index contributed by atoms with van der Waals surface area (Å²) in [5, 5.41) is 0. The van der Waals surface area contributed by atoms with Gasteiger partial charge < -0.3 is 4.90 Å². The fourth-order valence-electron chi connectivity index (χ4n) is 2.80. The van der Waals surface area contributed by atoms with E-state index in [2.05, 4.69) is 18.9 Å². The first-order valence-electron chi connectivity index (χ1n) is 5.92. The average molecular weight is 181 g/mol. The molecule has 0 aromatic carbocycles. The molecule has 76 valence electrons. The highest BCUT2D eigenvalue weighted by Gasteiger charge is 2.34. The molecule has 0 aliphatic heterocycles. The van der Waals surface area contributed by atoms with Gasteiger partial charge in [0.2, 0.25) is 0 Å². The molecule has 0 N–H and O–H groups in total. The van der Waals surface area contributed by atoms with Crippen LogP contribution in [0.5, 0.6) is 0 Å². The normalized spacial score (nSPS) is 27.9. The van der Waals surface area contributed by atoms with E-state index in [1.807, 2.05) is 0 Å². The van der Waals surface area contributed by atoms with Crippen molar-refractivity contribution in [2.75, 3.05) is 13.6 Å². The maximum Gasteiger partial charge on any atom is 0.0178 e. The van der Waals surface area contributed by atoms with Crippen molar-refractivity contribution in [3.8, 4) is 0 Å². The Labute approximate surface area is 82.5 Å². The third-order valence-corrected chi connectivity index (χ3v) is 4.36. The van der Waals surface area contributed by atoms with E-state index in [4.69, 9.17) is 0 Å². The third-order valence-electron chi connectivity index (χ3n) is 4.36. The van der Waals surface area contributed by atoms with Crippen LogP contribution in [0.3, 0.4) is 0 Å². The van der Waals surface area contributed by atoms with E-state index in [0.717, 1.165) is 5.92 Å². The highest BCUT2D eigenvalue weighted by Crippen LogP contribution is 2.36. The van der Waals surface area contributed by atoms with Crippen molar-refractivity contribution >= 4 is 0 Å². The smallest absolute Gasteiger partial charge is 0.0178 e. The zero-order chi connectivity index (χ0) is 9.31. The van der Waals surface area contributed by atoms with Gasteiger partial charge in [0.05, 0.1) is 0 Å². The summed E-state index contributed by atoms with van der Waals surface area (Å²) in [7, 11) is 2.34. The van der Waals surface area contributed by atoms with Crippen LogP contribution in [0.25, 0.3) is 0 Å². The molecular formula is C12H23N. The van der Waals surface area contributed by atoms with E-state index in [0.29, 0.717) is 5.54 Å². The lowest BCUT2D eigenvalue weighted by Crippen LogP contribution is -2.44. The number of rotatable bonds is 3. The molecule has 0 saturated heterocycles. The van der Waals surface area contributed by atoms with Crippen LogP contribution in [0.2, 0.25) is 0 Å². The van der Waals surface area contributed by atoms with Crippen molar-refractivity contribution in [1.29, 1.82) is 0 Å². The zero-order valence-corrected chi connectivity index (χ0v) is 9.18. The summed E-state index contributed by atoms with van der Waals surface area (Å²) in [6.45, 7) is 3.81. The van der Waals surface area contributed by atoms with Crippen LogP contribution in [0.15, 0.2) is 0 Å². The van der Waals surface area contributed by atoms with E-state index in [9.17, 15) is 0 Å². The topological polar surface area (TPSA) is 3.24 Å². The summed E-state index contributed by atoms with van der Waals surface area (Å²) in [5.41, 5.74) is 0.551. The summed E-state index contributed by atoms with van der Waals surface area (Å²) in [5.74, 6) is 1.03. The van der Waals surface area contributed by atoms with E-state index in [-0.39, 0.29) is 0 Å². The van der Waals surface area contributed by atoms with Gasteiger partial charge >= 0.3 is 0 Å². The maximum absolute atomic E-state index is 2.64. The third kappa shape index (κ3) is 1.90. The Kier molecular flexibility index (Phi) is 2.64. The molecule has 2 aliphatic rings. The van der Waals surface area contributed by atoms with Crippen LogP contribution < -0.4 is 0 Å². The minimum atomic E-state index is 0.551. The molecule has 0 aromatic heterocycles. The van der Waals surface area contributed by atoms with Gasteiger partial charge in [-0.3, -0.25) is 0 Å². The Morgan fingerprint density at radius 2 is 1.77 bits per heavy atom. The van der Waals surface area contributed by atoms with Crippen LogP contribution in [0.4, 0.5) is 0 Å². The van der Waals surface area contributed by atoms with Gasteiger partial charge in [0.15, 0.2) is 0 Å². The van der Waals surface area contributed by atoms with Crippen LogP contribution in [0, 0.1) is 5.92 Å². The molecule has 0 radical (unpaired) electrons. The van der Waals surface area contributed by atoms with Crippen molar-refractivity contribution in [2.24, 2.45) is 5.92 Å². The van der Waals surface area contributed by atoms with Gasteiger partial charge in [0, 0.05) is 12.1 Å². The van der Waals surface area contributed by atoms with Gasteiger partial charge in [-0.15, -0.1) is 0 Å². The van der Waals surface area contributed by atoms with E-state index in [1.165, 1.54) is 51.5 Å². The first kappa shape index (κ1) is 9.51. The molecule has 2 fully saturated rings. The average Bonchev–Trinajstić information content (AvgIpc) is 2.45. The van der Waals surface area contributed by atoms with Crippen LogP contribution >= 0.6 is 0 Å². The molecule has 0 bridgehead atoms. The summed E-state index contributed by atoms with van der Waals surface area (Å²) in [6.07, 6.45) is 10.2. The predicted octanol–water partition coefficient (Wildman–Crippen LogP) is 3.05. The van der Waals surface area contributed by atoms with E-state index < -0.39 is 0 Å². The highest BCUT2D eigenvalue weighted by molar-refractivity contribution is 4.90. The Morgan fingerprint density at radius 1 is 1.15 bits per heavy atom. The van der Waals surface area contributed by atoms with Crippen molar-refractivity contribution in [3.05, 3.63) is 0 Å². The molecular weight excluding hydrogens is 158 g/mol. The van der Waals surface area contributed by atoms with E-state index in [1.54, 1.807) is 0 Å².